The number of nitrogens with one attached hydrogen (secondary N) is 1. The van der Waals surface area contributed by atoms with Gasteiger partial charge in [-0.25, -0.2) is 4.79 Å². The molecule has 8 heteroatoms. The van der Waals surface area contributed by atoms with Crippen molar-refractivity contribution in [2.24, 2.45) is 5.73 Å². The first-order valence-electron chi connectivity index (χ1n) is 3.79. The van der Waals surface area contributed by atoms with Crippen LogP contribution in [0.4, 0.5) is 23.7 Å². The number of amides is 2. The lowest BCUT2D eigenvalue weighted by Gasteiger charge is -2.09. The van der Waals surface area contributed by atoms with Crippen LogP contribution in [0, 0.1) is 0 Å². The minimum absolute atomic E-state index is 0. The first kappa shape index (κ1) is 14.4. The minimum atomic E-state index is -4.72. The third kappa shape index (κ3) is 5.30. The van der Waals surface area contributed by atoms with Gasteiger partial charge in [-0.3, -0.25) is 0 Å². The van der Waals surface area contributed by atoms with Gasteiger partial charge in [0.2, 0.25) is 0 Å². The van der Waals surface area contributed by atoms with Crippen molar-refractivity contribution >= 4 is 24.1 Å². The number of halogens is 4. The van der Waals surface area contributed by atoms with E-state index in [1.807, 2.05) is 0 Å². The van der Waals surface area contributed by atoms with E-state index < -0.39 is 12.4 Å². The van der Waals surface area contributed by atoms with E-state index in [1.54, 1.807) is 0 Å². The van der Waals surface area contributed by atoms with E-state index in [1.165, 1.54) is 12.1 Å². The van der Waals surface area contributed by atoms with Gasteiger partial charge in [0.15, 0.2) is 0 Å². The van der Waals surface area contributed by atoms with E-state index in [0.29, 0.717) is 0 Å². The van der Waals surface area contributed by atoms with Crippen molar-refractivity contribution in [3.05, 3.63) is 24.3 Å². The van der Waals surface area contributed by atoms with Crippen LogP contribution in [0.3, 0.4) is 0 Å². The van der Waals surface area contributed by atoms with E-state index in [4.69, 9.17) is 5.73 Å². The molecule has 0 atom stereocenters. The summed E-state index contributed by atoms with van der Waals surface area (Å²) < 4.78 is 38.8. The van der Waals surface area contributed by atoms with Gasteiger partial charge in [0.1, 0.15) is 5.75 Å². The summed E-state index contributed by atoms with van der Waals surface area (Å²) in [4.78, 5) is 10.4. The van der Waals surface area contributed by atoms with Gasteiger partial charge in [-0.2, -0.15) is 0 Å². The highest BCUT2D eigenvalue weighted by Gasteiger charge is 2.30. The molecule has 1 aromatic carbocycles. The van der Waals surface area contributed by atoms with Crippen LogP contribution in [-0.4, -0.2) is 12.4 Å². The van der Waals surface area contributed by atoms with Crippen molar-refractivity contribution in [3.63, 3.8) is 0 Å². The molecule has 0 aromatic heterocycles. The average molecular weight is 257 g/mol. The number of hydrogen-bond donors (Lipinski definition) is 2. The third-order valence-corrected chi connectivity index (χ3v) is 1.36. The van der Waals surface area contributed by atoms with Gasteiger partial charge < -0.3 is 15.8 Å². The Morgan fingerprint density at radius 3 is 2.12 bits per heavy atom. The molecule has 0 saturated carbocycles. The molecule has 0 saturated heterocycles. The summed E-state index contributed by atoms with van der Waals surface area (Å²) in [6.07, 6.45) is -4.72. The molecule has 0 heterocycles. The fourth-order valence-electron chi connectivity index (χ4n) is 0.882. The zero-order chi connectivity index (χ0) is 11.5. The smallest absolute Gasteiger partial charge is 0.406 e. The summed E-state index contributed by atoms with van der Waals surface area (Å²) in [6, 6.07) is 3.83. The quantitative estimate of drug-likeness (QED) is 0.854. The highest BCUT2D eigenvalue weighted by atomic mass is 35.5. The van der Waals surface area contributed by atoms with Gasteiger partial charge >= 0.3 is 12.4 Å². The van der Waals surface area contributed by atoms with Crippen LogP contribution in [0.2, 0.25) is 0 Å². The summed E-state index contributed by atoms with van der Waals surface area (Å²) >= 11 is 0. The third-order valence-electron chi connectivity index (χ3n) is 1.36. The molecule has 0 bridgehead atoms. The monoisotopic (exact) mass is 256 g/mol. The van der Waals surface area contributed by atoms with E-state index in [0.717, 1.165) is 12.1 Å². The predicted molar refractivity (Wildman–Crippen MR) is 53.6 cm³/mol. The van der Waals surface area contributed by atoms with Crippen molar-refractivity contribution < 1.29 is 22.7 Å². The minimum Gasteiger partial charge on any atom is -0.406 e. The molecule has 0 spiro atoms. The second-order valence-electron chi connectivity index (χ2n) is 2.56. The van der Waals surface area contributed by atoms with Crippen LogP contribution in [0.5, 0.6) is 5.75 Å². The van der Waals surface area contributed by atoms with Crippen LogP contribution in [-0.2, 0) is 0 Å². The Balaban J connectivity index is 0.00000225. The molecule has 0 aliphatic rings. The first-order valence-corrected chi connectivity index (χ1v) is 3.79. The number of ether oxygens (including phenoxy) is 1. The number of nitrogens with two attached hydrogens (primary N) is 1. The van der Waals surface area contributed by atoms with Gasteiger partial charge in [-0.15, -0.1) is 25.6 Å². The molecule has 2 amide bonds. The Kier molecular flexibility index (Phi) is 4.90. The molecule has 4 nitrogen and oxygen atoms in total. The number of urea groups is 1. The molecule has 0 aliphatic heterocycles. The van der Waals surface area contributed by atoms with Crippen LogP contribution in [0.25, 0.3) is 0 Å². The SMILES string of the molecule is Cl.NC(=O)Nc1ccc(OC(F)(F)F)cc1. The van der Waals surface area contributed by atoms with Crippen LogP contribution in [0.1, 0.15) is 0 Å². The van der Waals surface area contributed by atoms with Crippen LogP contribution >= 0.6 is 12.4 Å². The maximum Gasteiger partial charge on any atom is 0.573 e. The number of hydrogen-bond acceptors (Lipinski definition) is 2. The molecule has 1 aromatic rings. The molecule has 0 aliphatic carbocycles. The Morgan fingerprint density at radius 1 is 1.25 bits per heavy atom. The summed E-state index contributed by atoms with van der Waals surface area (Å²) in [5, 5.41) is 2.20. The standard InChI is InChI=1S/C8H7F3N2O2.ClH/c9-8(10,11)15-6-3-1-5(2-4-6)13-7(12)14;/h1-4H,(H3,12,13,14);1H. The van der Waals surface area contributed by atoms with Gasteiger partial charge in [0, 0.05) is 5.69 Å². The van der Waals surface area contributed by atoms with Crippen molar-refractivity contribution in [2.45, 2.75) is 6.36 Å². The maximum atomic E-state index is 11.7. The second kappa shape index (κ2) is 5.45. The molecule has 1 rings (SSSR count). The number of carbonyl (C=O) groups is 1. The lowest BCUT2D eigenvalue weighted by atomic mass is 10.3. The Morgan fingerprint density at radius 2 is 1.75 bits per heavy atom. The van der Waals surface area contributed by atoms with Crippen molar-refractivity contribution in [1.82, 2.24) is 0 Å². The normalized spacial score (nSPS) is 10.2. The lowest BCUT2D eigenvalue weighted by Crippen LogP contribution is -2.19. The van der Waals surface area contributed by atoms with Gasteiger partial charge in [0.25, 0.3) is 0 Å². The Labute approximate surface area is 95.0 Å². The zero-order valence-corrected chi connectivity index (χ0v) is 8.56. The average Bonchev–Trinajstić information content (AvgIpc) is 2.05. The van der Waals surface area contributed by atoms with Crippen LogP contribution < -0.4 is 15.8 Å². The molecule has 16 heavy (non-hydrogen) atoms. The lowest BCUT2D eigenvalue weighted by molar-refractivity contribution is -0.274. The number of primary amides is 1. The van der Waals surface area contributed by atoms with Gasteiger partial charge in [-0.1, -0.05) is 0 Å². The van der Waals surface area contributed by atoms with Crippen molar-refractivity contribution in [2.75, 3.05) is 5.32 Å². The van der Waals surface area contributed by atoms with Crippen LogP contribution in [0.15, 0.2) is 24.3 Å². The molecule has 0 fully saturated rings. The van der Waals surface area contributed by atoms with E-state index in [9.17, 15) is 18.0 Å². The van der Waals surface area contributed by atoms with Gasteiger partial charge in [-0.05, 0) is 24.3 Å². The van der Waals surface area contributed by atoms with E-state index in [2.05, 4.69) is 10.1 Å². The summed E-state index contributed by atoms with van der Waals surface area (Å²) in [5.74, 6) is -0.363. The fraction of sp³-hybridized carbons (Fsp3) is 0.125. The number of anilines is 1. The highest BCUT2D eigenvalue weighted by Crippen LogP contribution is 2.23. The Bertz CT molecular complexity index is 353. The molecule has 0 unspecified atom stereocenters. The molecular weight excluding hydrogens is 249 g/mol. The van der Waals surface area contributed by atoms with Crippen molar-refractivity contribution in [3.8, 4) is 5.75 Å². The number of carbonyl (C=O) groups excluding carboxylic acids is 1. The molecule has 0 radical (unpaired) electrons. The summed E-state index contributed by atoms with van der Waals surface area (Å²) in [5.41, 5.74) is 5.09. The highest BCUT2D eigenvalue weighted by molar-refractivity contribution is 5.87. The second-order valence-corrected chi connectivity index (χ2v) is 2.56. The molecule has 3 N–H and O–H groups in total. The maximum absolute atomic E-state index is 11.7. The topological polar surface area (TPSA) is 64.4 Å². The fourth-order valence-corrected chi connectivity index (χ4v) is 0.882. The largest absolute Gasteiger partial charge is 0.573 e. The predicted octanol–water partition coefficient (Wildman–Crippen LogP) is 2.50. The van der Waals surface area contributed by atoms with E-state index >= 15 is 0 Å². The molecule has 90 valence electrons. The molecular formula is C8H8ClF3N2O2. The first-order chi connectivity index (χ1) is 6.87. The Hall–Kier alpha value is -1.63. The van der Waals surface area contributed by atoms with E-state index in [-0.39, 0.29) is 23.8 Å². The summed E-state index contributed by atoms with van der Waals surface area (Å²) in [6.45, 7) is 0. The van der Waals surface area contributed by atoms with Gasteiger partial charge in [0.05, 0.1) is 0 Å². The zero-order valence-electron chi connectivity index (χ0n) is 7.75. The number of rotatable bonds is 2. The van der Waals surface area contributed by atoms with Crippen molar-refractivity contribution in [1.29, 1.82) is 0 Å². The number of alkyl halides is 3. The summed E-state index contributed by atoms with van der Waals surface area (Å²) in [7, 11) is 0. The number of benzene rings is 1.